The third kappa shape index (κ3) is 2.71. The lowest BCUT2D eigenvalue weighted by Gasteiger charge is -2.54. The molecule has 1 N–H and O–H groups in total. The quantitative estimate of drug-likeness (QED) is 0.849. The summed E-state index contributed by atoms with van der Waals surface area (Å²) >= 11 is 0. The minimum absolute atomic E-state index is 0.232. The van der Waals surface area contributed by atoms with Crippen LogP contribution in [0.4, 0.5) is 5.69 Å². The van der Waals surface area contributed by atoms with Crippen molar-refractivity contribution in [2.45, 2.75) is 45.8 Å². The zero-order chi connectivity index (χ0) is 13.9. The Bertz CT molecular complexity index is 404. The molecule has 1 aromatic rings. The molecular formula is C16H25NO2. The molecule has 1 fully saturated rings. The lowest BCUT2D eigenvalue weighted by Crippen LogP contribution is -2.59. The third-order valence-corrected chi connectivity index (χ3v) is 4.54. The highest BCUT2D eigenvalue weighted by Gasteiger charge is 2.51. The van der Waals surface area contributed by atoms with Gasteiger partial charge in [-0.05, 0) is 44.0 Å². The van der Waals surface area contributed by atoms with Gasteiger partial charge >= 0.3 is 0 Å². The summed E-state index contributed by atoms with van der Waals surface area (Å²) in [7, 11) is 1.69. The predicted molar refractivity (Wildman–Crippen MR) is 78.8 cm³/mol. The van der Waals surface area contributed by atoms with Crippen molar-refractivity contribution in [3.63, 3.8) is 0 Å². The number of rotatable bonds is 6. The summed E-state index contributed by atoms with van der Waals surface area (Å²) in [5.74, 6) is 0.893. The predicted octanol–water partition coefficient (Wildman–Crippen LogP) is 3.70. The molecule has 1 saturated carbocycles. The maximum Gasteiger partial charge on any atom is 0.119 e. The number of anilines is 1. The van der Waals surface area contributed by atoms with Crippen molar-refractivity contribution in [3.8, 4) is 5.75 Å². The Hall–Kier alpha value is -1.22. The van der Waals surface area contributed by atoms with Crippen molar-refractivity contribution in [2.75, 3.05) is 19.0 Å². The van der Waals surface area contributed by atoms with Crippen LogP contribution in [0.1, 0.15) is 33.6 Å². The molecule has 0 spiro atoms. The molecule has 106 valence electrons. The van der Waals surface area contributed by atoms with Gasteiger partial charge in [-0.15, -0.1) is 0 Å². The molecular weight excluding hydrogens is 238 g/mol. The normalized spacial score (nSPS) is 29.7. The standard InChI is InChI=1S/C16H25NO2/c1-5-16(3)14(11-15(16)19-6-2)17-12-7-9-13(18-4)10-8-12/h7-10,14-15,17H,5-6,11H2,1-4H3. The van der Waals surface area contributed by atoms with Crippen LogP contribution in [-0.4, -0.2) is 25.9 Å². The van der Waals surface area contributed by atoms with Crippen LogP contribution in [0, 0.1) is 5.41 Å². The molecule has 1 aromatic carbocycles. The van der Waals surface area contributed by atoms with Gasteiger partial charge in [0.25, 0.3) is 0 Å². The van der Waals surface area contributed by atoms with E-state index in [-0.39, 0.29) is 5.41 Å². The maximum atomic E-state index is 5.83. The Labute approximate surface area is 116 Å². The van der Waals surface area contributed by atoms with Crippen LogP contribution in [0.5, 0.6) is 5.75 Å². The molecule has 1 aliphatic rings. The Morgan fingerprint density at radius 3 is 2.47 bits per heavy atom. The fraction of sp³-hybridized carbons (Fsp3) is 0.625. The van der Waals surface area contributed by atoms with E-state index < -0.39 is 0 Å². The minimum atomic E-state index is 0.232. The molecule has 0 radical (unpaired) electrons. The summed E-state index contributed by atoms with van der Waals surface area (Å²) in [4.78, 5) is 0. The molecule has 0 bridgehead atoms. The van der Waals surface area contributed by atoms with E-state index in [9.17, 15) is 0 Å². The van der Waals surface area contributed by atoms with E-state index in [1.165, 1.54) is 0 Å². The Morgan fingerprint density at radius 1 is 1.26 bits per heavy atom. The fourth-order valence-electron chi connectivity index (χ4n) is 2.86. The van der Waals surface area contributed by atoms with Gasteiger partial charge in [0.15, 0.2) is 0 Å². The van der Waals surface area contributed by atoms with Gasteiger partial charge in [-0.2, -0.15) is 0 Å². The Balaban J connectivity index is 1.99. The first kappa shape index (κ1) is 14.2. The third-order valence-electron chi connectivity index (χ3n) is 4.54. The summed E-state index contributed by atoms with van der Waals surface area (Å²) < 4.78 is 11.0. The smallest absolute Gasteiger partial charge is 0.119 e. The molecule has 3 nitrogen and oxygen atoms in total. The molecule has 0 heterocycles. The van der Waals surface area contributed by atoms with Gasteiger partial charge < -0.3 is 14.8 Å². The first-order valence-electron chi connectivity index (χ1n) is 7.16. The lowest BCUT2D eigenvalue weighted by atomic mass is 9.61. The van der Waals surface area contributed by atoms with Gasteiger partial charge in [0, 0.05) is 23.8 Å². The van der Waals surface area contributed by atoms with Crippen LogP contribution in [0.2, 0.25) is 0 Å². The first-order chi connectivity index (χ1) is 9.13. The second-order valence-corrected chi connectivity index (χ2v) is 5.46. The van der Waals surface area contributed by atoms with E-state index >= 15 is 0 Å². The Morgan fingerprint density at radius 2 is 1.95 bits per heavy atom. The molecule has 3 atom stereocenters. The zero-order valence-corrected chi connectivity index (χ0v) is 12.4. The van der Waals surface area contributed by atoms with Crippen molar-refractivity contribution in [1.29, 1.82) is 0 Å². The summed E-state index contributed by atoms with van der Waals surface area (Å²) in [6.07, 6.45) is 2.61. The van der Waals surface area contributed by atoms with Crippen LogP contribution in [-0.2, 0) is 4.74 Å². The number of ether oxygens (including phenoxy) is 2. The SMILES string of the molecule is CCOC1CC(Nc2ccc(OC)cc2)C1(C)CC. The highest BCUT2D eigenvalue weighted by molar-refractivity contribution is 5.48. The van der Waals surface area contributed by atoms with E-state index in [2.05, 4.69) is 38.2 Å². The minimum Gasteiger partial charge on any atom is -0.497 e. The van der Waals surface area contributed by atoms with Crippen molar-refractivity contribution in [1.82, 2.24) is 0 Å². The van der Waals surface area contributed by atoms with E-state index in [1.54, 1.807) is 7.11 Å². The fourth-order valence-corrected chi connectivity index (χ4v) is 2.86. The molecule has 0 aliphatic heterocycles. The van der Waals surface area contributed by atoms with Crippen LogP contribution in [0.25, 0.3) is 0 Å². The number of methoxy groups -OCH3 is 1. The van der Waals surface area contributed by atoms with Crippen molar-refractivity contribution >= 4 is 5.69 Å². The Kier molecular flexibility index (Phi) is 4.35. The number of hydrogen-bond donors (Lipinski definition) is 1. The topological polar surface area (TPSA) is 30.5 Å². The molecule has 3 unspecified atom stereocenters. The maximum absolute atomic E-state index is 5.83. The van der Waals surface area contributed by atoms with E-state index in [0.29, 0.717) is 12.1 Å². The van der Waals surface area contributed by atoms with Crippen LogP contribution >= 0.6 is 0 Å². The number of benzene rings is 1. The van der Waals surface area contributed by atoms with Crippen LogP contribution in [0.15, 0.2) is 24.3 Å². The average molecular weight is 263 g/mol. The average Bonchev–Trinajstić information content (AvgIpc) is 2.46. The molecule has 1 aliphatic carbocycles. The monoisotopic (exact) mass is 263 g/mol. The van der Waals surface area contributed by atoms with E-state index in [4.69, 9.17) is 9.47 Å². The van der Waals surface area contributed by atoms with Crippen molar-refractivity contribution in [2.24, 2.45) is 5.41 Å². The van der Waals surface area contributed by atoms with Gasteiger partial charge in [0.1, 0.15) is 5.75 Å². The van der Waals surface area contributed by atoms with E-state index in [0.717, 1.165) is 30.9 Å². The molecule has 19 heavy (non-hydrogen) atoms. The highest BCUT2D eigenvalue weighted by Crippen LogP contribution is 2.47. The number of hydrogen-bond acceptors (Lipinski definition) is 3. The first-order valence-corrected chi connectivity index (χ1v) is 7.16. The second kappa shape index (κ2) is 5.83. The summed E-state index contributed by atoms with van der Waals surface area (Å²) in [5.41, 5.74) is 1.39. The summed E-state index contributed by atoms with van der Waals surface area (Å²) in [6, 6.07) is 8.61. The van der Waals surface area contributed by atoms with Gasteiger partial charge in [0.05, 0.1) is 13.2 Å². The van der Waals surface area contributed by atoms with Gasteiger partial charge in [-0.1, -0.05) is 13.8 Å². The largest absolute Gasteiger partial charge is 0.497 e. The molecule has 0 amide bonds. The summed E-state index contributed by atoms with van der Waals surface area (Å²) in [5, 5.41) is 3.62. The molecule has 2 rings (SSSR count). The summed E-state index contributed by atoms with van der Waals surface area (Å²) in [6.45, 7) is 7.43. The van der Waals surface area contributed by atoms with E-state index in [1.807, 2.05) is 12.1 Å². The van der Waals surface area contributed by atoms with Gasteiger partial charge in [0.2, 0.25) is 0 Å². The van der Waals surface area contributed by atoms with Gasteiger partial charge in [-0.3, -0.25) is 0 Å². The number of nitrogens with one attached hydrogen (secondary N) is 1. The second-order valence-electron chi connectivity index (χ2n) is 5.46. The molecule has 3 heteroatoms. The van der Waals surface area contributed by atoms with Crippen LogP contribution in [0.3, 0.4) is 0 Å². The van der Waals surface area contributed by atoms with Crippen molar-refractivity contribution < 1.29 is 9.47 Å². The molecule has 0 aromatic heterocycles. The van der Waals surface area contributed by atoms with Gasteiger partial charge in [-0.25, -0.2) is 0 Å². The zero-order valence-electron chi connectivity index (χ0n) is 12.4. The highest BCUT2D eigenvalue weighted by atomic mass is 16.5. The lowest BCUT2D eigenvalue weighted by molar-refractivity contribution is -0.109. The van der Waals surface area contributed by atoms with Crippen molar-refractivity contribution in [3.05, 3.63) is 24.3 Å². The molecule has 0 saturated heterocycles. The van der Waals surface area contributed by atoms with Crippen LogP contribution < -0.4 is 10.1 Å².